The number of amides is 1. The van der Waals surface area contributed by atoms with Gasteiger partial charge in [-0.25, -0.2) is 9.50 Å². The van der Waals surface area contributed by atoms with Gasteiger partial charge in [0.25, 0.3) is 5.91 Å². The first-order chi connectivity index (χ1) is 16.8. The second kappa shape index (κ2) is 8.43. The molecule has 0 aliphatic rings. The van der Waals surface area contributed by atoms with E-state index in [-0.39, 0.29) is 16.9 Å². The number of carbonyl (C=O) groups is 1. The number of nitrogens with zero attached hydrogens (tertiary/aromatic N) is 3. The van der Waals surface area contributed by atoms with Gasteiger partial charge in [0.1, 0.15) is 11.3 Å². The Morgan fingerprint density at radius 2 is 1.80 bits per heavy atom. The molecular weight excluding hydrogens is 457 g/mol. The minimum Gasteiger partial charge on any atom is -0.495 e. The third-order valence-electron chi connectivity index (χ3n) is 5.68. The summed E-state index contributed by atoms with van der Waals surface area (Å²) in [6.45, 7) is 1.85. The molecule has 0 unspecified atom stereocenters. The fourth-order valence-corrected chi connectivity index (χ4v) is 4.02. The van der Waals surface area contributed by atoms with Gasteiger partial charge in [0.05, 0.1) is 24.7 Å². The standard InChI is InChI=1S/C26H19F3N4O2/c1-15-10-11-22(35-2)21(12-15)32-25(34)19-14-30-33-23(26(27,28)29)13-20(31-24(19)33)18-9-5-7-16-6-3-4-8-17(16)18/h3-14H,1-2H3,(H,32,34). The summed E-state index contributed by atoms with van der Waals surface area (Å²) in [5, 5.41) is 8.16. The van der Waals surface area contributed by atoms with Gasteiger partial charge in [0.15, 0.2) is 11.3 Å². The van der Waals surface area contributed by atoms with Crippen LogP contribution in [0.3, 0.4) is 0 Å². The number of aromatic nitrogens is 3. The van der Waals surface area contributed by atoms with Crippen molar-refractivity contribution in [1.82, 2.24) is 14.6 Å². The minimum absolute atomic E-state index is 0.0873. The number of rotatable bonds is 4. The molecule has 1 N–H and O–H groups in total. The van der Waals surface area contributed by atoms with Crippen molar-refractivity contribution in [3.05, 3.63) is 89.7 Å². The number of alkyl halides is 3. The highest BCUT2D eigenvalue weighted by molar-refractivity contribution is 6.09. The lowest BCUT2D eigenvalue weighted by Gasteiger charge is -2.13. The fourth-order valence-electron chi connectivity index (χ4n) is 4.02. The number of hydrogen-bond acceptors (Lipinski definition) is 4. The van der Waals surface area contributed by atoms with E-state index < -0.39 is 17.8 Å². The fraction of sp³-hybridized carbons (Fsp3) is 0.115. The lowest BCUT2D eigenvalue weighted by atomic mass is 10.0. The summed E-state index contributed by atoms with van der Waals surface area (Å²) in [5.41, 5.74) is 0.536. The lowest BCUT2D eigenvalue weighted by molar-refractivity contribution is -0.142. The Kier molecular flexibility index (Phi) is 5.39. The van der Waals surface area contributed by atoms with E-state index in [0.29, 0.717) is 21.5 Å². The predicted molar refractivity (Wildman–Crippen MR) is 127 cm³/mol. The summed E-state index contributed by atoms with van der Waals surface area (Å²) in [7, 11) is 1.46. The number of carbonyl (C=O) groups excluding carboxylic acids is 1. The van der Waals surface area contributed by atoms with Crippen LogP contribution in [0.25, 0.3) is 27.7 Å². The molecule has 35 heavy (non-hydrogen) atoms. The van der Waals surface area contributed by atoms with Crippen LogP contribution >= 0.6 is 0 Å². The van der Waals surface area contributed by atoms with Crippen molar-refractivity contribution in [2.75, 3.05) is 12.4 Å². The van der Waals surface area contributed by atoms with Crippen LogP contribution in [0.5, 0.6) is 5.75 Å². The highest BCUT2D eigenvalue weighted by Gasteiger charge is 2.36. The van der Waals surface area contributed by atoms with Gasteiger partial charge in [-0.2, -0.15) is 18.3 Å². The van der Waals surface area contributed by atoms with Crippen LogP contribution in [0, 0.1) is 6.92 Å². The number of ether oxygens (including phenoxy) is 1. The first-order valence-electron chi connectivity index (χ1n) is 10.7. The van der Waals surface area contributed by atoms with Crippen molar-refractivity contribution in [2.45, 2.75) is 13.1 Å². The number of methoxy groups -OCH3 is 1. The zero-order valence-corrected chi connectivity index (χ0v) is 18.7. The van der Waals surface area contributed by atoms with E-state index in [2.05, 4.69) is 15.4 Å². The van der Waals surface area contributed by atoms with Crippen molar-refractivity contribution in [3.63, 3.8) is 0 Å². The van der Waals surface area contributed by atoms with Crippen LogP contribution in [-0.2, 0) is 6.18 Å². The summed E-state index contributed by atoms with van der Waals surface area (Å²) in [6, 6.07) is 18.8. The molecule has 176 valence electrons. The number of benzene rings is 3. The smallest absolute Gasteiger partial charge is 0.433 e. The lowest BCUT2D eigenvalue weighted by Crippen LogP contribution is -2.16. The Labute approximate surface area is 198 Å². The van der Waals surface area contributed by atoms with E-state index in [0.717, 1.165) is 28.6 Å². The summed E-state index contributed by atoms with van der Waals surface area (Å²) < 4.78 is 48.0. The highest BCUT2D eigenvalue weighted by atomic mass is 19.4. The van der Waals surface area contributed by atoms with Gasteiger partial charge in [-0.1, -0.05) is 48.5 Å². The SMILES string of the molecule is COc1ccc(C)cc1NC(=O)c1cnn2c(C(F)(F)F)cc(-c3cccc4ccccc34)nc12. The molecule has 1 amide bonds. The molecule has 2 aromatic heterocycles. The first kappa shape index (κ1) is 22.4. The summed E-state index contributed by atoms with van der Waals surface area (Å²) in [5.74, 6) is -0.236. The molecule has 0 aliphatic carbocycles. The number of nitrogens with one attached hydrogen (secondary N) is 1. The van der Waals surface area contributed by atoms with Crippen LogP contribution in [0.15, 0.2) is 72.9 Å². The molecule has 6 nitrogen and oxygen atoms in total. The normalized spacial score (nSPS) is 11.7. The van der Waals surface area contributed by atoms with Gasteiger partial charge in [-0.15, -0.1) is 0 Å². The zero-order valence-electron chi connectivity index (χ0n) is 18.7. The molecule has 9 heteroatoms. The van der Waals surface area contributed by atoms with Crippen LogP contribution in [0.1, 0.15) is 21.6 Å². The van der Waals surface area contributed by atoms with E-state index in [9.17, 15) is 18.0 Å². The van der Waals surface area contributed by atoms with Gasteiger partial charge in [0, 0.05) is 5.56 Å². The van der Waals surface area contributed by atoms with Gasteiger partial charge in [0.2, 0.25) is 0 Å². The number of hydrogen-bond donors (Lipinski definition) is 1. The quantitative estimate of drug-likeness (QED) is 0.338. The Bertz CT molecular complexity index is 1590. The third kappa shape index (κ3) is 4.05. The van der Waals surface area contributed by atoms with Crippen molar-refractivity contribution in [2.24, 2.45) is 0 Å². The maximum Gasteiger partial charge on any atom is 0.433 e. The summed E-state index contributed by atoms with van der Waals surface area (Å²) >= 11 is 0. The minimum atomic E-state index is -4.72. The molecular formula is C26H19F3N4O2. The molecule has 5 rings (SSSR count). The van der Waals surface area contributed by atoms with Crippen LogP contribution in [0.2, 0.25) is 0 Å². The molecule has 2 heterocycles. The molecule has 0 radical (unpaired) electrons. The van der Waals surface area contributed by atoms with Gasteiger partial charge >= 0.3 is 6.18 Å². The molecule has 0 fully saturated rings. The average molecular weight is 476 g/mol. The molecule has 0 atom stereocenters. The zero-order chi connectivity index (χ0) is 24.7. The van der Waals surface area contributed by atoms with Gasteiger partial charge < -0.3 is 10.1 Å². The Morgan fingerprint density at radius 3 is 2.57 bits per heavy atom. The third-order valence-corrected chi connectivity index (χ3v) is 5.68. The van der Waals surface area contributed by atoms with E-state index >= 15 is 0 Å². The second-order valence-electron chi connectivity index (χ2n) is 8.00. The monoisotopic (exact) mass is 476 g/mol. The van der Waals surface area contributed by atoms with Crippen molar-refractivity contribution in [1.29, 1.82) is 0 Å². The first-order valence-corrected chi connectivity index (χ1v) is 10.7. The topological polar surface area (TPSA) is 68.5 Å². The largest absolute Gasteiger partial charge is 0.495 e. The van der Waals surface area contributed by atoms with Crippen molar-refractivity contribution in [3.8, 4) is 17.0 Å². The maximum absolute atomic E-state index is 14.0. The van der Waals surface area contributed by atoms with Crippen LogP contribution in [0.4, 0.5) is 18.9 Å². The highest BCUT2D eigenvalue weighted by Crippen LogP contribution is 2.35. The molecule has 5 aromatic rings. The predicted octanol–water partition coefficient (Wildman–Crippen LogP) is 6.14. The molecule has 0 saturated carbocycles. The molecule has 0 bridgehead atoms. The van der Waals surface area contributed by atoms with E-state index in [1.165, 1.54) is 7.11 Å². The summed E-state index contributed by atoms with van der Waals surface area (Å²) in [4.78, 5) is 17.6. The Morgan fingerprint density at radius 1 is 1.03 bits per heavy atom. The van der Waals surface area contributed by atoms with Crippen molar-refractivity contribution < 1.29 is 22.7 Å². The van der Waals surface area contributed by atoms with Gasteiger partial charge in [-0.3, -0.25) is 4.79 Å². The Hall–Kier alpha value is -4.40. The van der Waals surface area contributed by atoms with E-state index in [1.54, 1.807) is 24.3 Å². The maximum atomic E-state index is 14.0. The van der Waals surface area contributed by atoms with E-state index in [4.69, 9.17) is 4.74 Å². The van der Waals surface area contributed by atoms with Gasteiger partial charge in [-0.05, 0) is 41.5 Å². The van der Waals surface area contributed by atoms with Crippen LogP contribution < -0.4 is 10.1 Å². The number of halogens is 3. The molecule has 3 aromatic carbocycles. The summed E-state index contributed by atoms with van der Waals surface area (Å²) in [6.07, 6.45) is -3.64. The van der Waals surface area contributed by atoms with Crippen molar-refractivity contribution >= 4 is 28.0 Å². The average Bonchev–Trinajstić information content (AvgIpc) is 3.26. The number of aryl methyl sites for hydroxylation is 1. The molecule has 0 spiro atoms. The molecule has 0 saturated heterocycles. The number of fused-ring (bicyclic) bond motifs is 2. The molecule has 0 aliphatic heterocycles. The van der Waals surface area contributed by atoms with Crippen LogP contribution in [-0.4, -0.2) is 27.6 Å². The number of anilines is 1. The Balaban J connectivity index is 1.69. The second-order valence-corrected chi connectivity index (χ2v) is 8.00. The van der Waals surface area contributed by atoms with E-state index in [1.807, 2.05) is 43.3 Å².